The Morgan fingerprint density at radius 2 is 1.03 bits per heavy atom. The molecule has 0 N–H and O–H groups in total. The van der Waals surface area contributed by atoms with E-state index in [0.29, 0.717) is 0 Å². The SMILES string of the molecule is Cc1ccc2c(c1)-c1ccccc1[Si]21c2cc(C)ccc2-c2c1c1ccccc1c1ccccc21. The van der Waals surface area contributed by atoms with Gasteiger partial charge in [-0.15, -0.1) is 0 Å². The molecule has 8 rings (SSSR count). The zero-order valence-electron chi connectivity index (χ0n) is 19.9. The van der Waals surface area contributed by atoms with Gasteiger partial charge in [0.1, 0.15) is 0 Å². The summed E-state index contributed by atoms with van der Waals surface area (Å²) in [5.41, 5.74) is 8.43. The Labute approximate surface area is 206 Å². The van der Waals surface area contributed by atoms with Crippen molar-refractivity contribution in [3.05, 3.63) is 120 Å². The smallest absolute Gasteiger partial charge is 0.0623 e. The molecule has 35 heavy (non-hydrogen) atoms. The lowest BCUT2D eigenvalue weighted by molar-refractivity contribution is 1.49. The summed E-state index contributed by atoms with van der Waals surface area (Å²) in [5.74, 6) is 0. The van der Waals surface area contributed by atoms with Crippen molar-refractivity contribution in [2.75, 3.05) is 0 Å². The Kier molecular flexibility index (Phi) is 3.65. The fraction of sp³-hybridized carbons (Fsp3) is 0.0588. The second kappa shape index (κ2) is 6.59. The van der Waals surface area contributed by atoms with Gasteiger partial charge in [-0.1, -0.05) is 120 Å². The summed E-state index contributed by atoms with van der Waals surface area (Å²) in [6.07, 6.45) is 0. The standard InChI is InChI=1S/C34H24Si/c1-21-16-18-31-29(19-21)25-11-7-8-14-30(25)35(31)32-20-22(2)15-17-28(32)33-26-12-5-3-9-23(26)24-10-4-6-13-27(24)34(33)35/h3-20H,1-2H3. The van der Waals surface area contributed by atoms with Crippen LogP contribution >= 0.6 is 0 Å². The highest BCUT2D eigenvalue weighted by Crippen LogP contribution is 2.42. The van der Waals surface area contributed by atoms with E-state index in [1.54, 1.807) is 20.7 Å². The van der Waals surface area contributed by atoms with E-state index >= 15 is 0 Å². The molecule has 0 amide bonds. The molecule has 0 aromatic heterocycles. The summed E-state index contributed by atoms with van der Waals surface area (Å²) in [7, 11) is -2.49. The molecule has 0 saturated carbocycles. The van der Waals surface area contributed by atoms with Crippen LogP contribution in [0.5, 0.6) is 0 Å². The molecule has 1 atom stereocenters. The molecule has 6 aromatic rings. The molecule has 0 saturated heterocycles. The maximum Gasteiger partial charge on any atom is 0.182 e. The van der Waals surface area contributed by atoms with Crippen molar-refractivity contribution < 1.29 is 0 Å². The summed E-state index contributed by atoms with van der Waals surface area (Å²) in [6.45, 7) is 4.47. The molecule has 6 aromatic carbocycles. The fourth-order valence-electron chi connectivity index (χ4n) is 7.09. The van der Waals surface area contributed by atoms with Gasteiger partial charge in [-0.3, -0.25) is 0 Å². The first-order valence-corrected chi connectivity index (χ1v) is 14.5. The third kappa shape index (κ3) is 2.23. The van der Waals surface area contributed by atoms with Crippen LogP contribution in [0.4, 0.5) is 0 Å². The Morgan fingerprint density at radius 1 is 0.429 bits per heavy atom. The molecule has 1 unspecified atom stereocenters. The zero-order valence-corrected chi connectivity index (χ0v) is 20.9. The average molecular weight is 461 g/mol. The first-order chi connectivity index (χ1) is 17.2. The lowest BCUT2D eigenvalue weighted by Gasteiger charge is -2.29. The highest BCUT2D eigenvalue weighted by molar-refractivity contribution is 7.25. The Bertz CT molecular complexity index is 1880. The summed E-state index contributed by atoms with van der Waals surface area (Å²) in [5, 5.41) is 11.8. The van der Waals surface area contributed by atoms with Gasteiger partial charge in [0.05, 0.1) is 0 Å². The van der Waals surface area contributed by atoms with Gasteiger partial charge in [-0.25, -0.2) is 0 Å². The van der Waals surface area contributed by atoms with E-state index in [9.17, 15) is 0 Å². The van der Waals surface area contributed by atoms with Crippen LogP contribution in [0, 0.1) is 13.8 Å². The summed E-state index contributed by atoms with van der Waals surface area (Å²) < 4.78 is 0. The topological polar surface area (TPSA) is 0 Å². The van der Waals surface area contributed by atoms with Crippen LogP contribution in [0.2, 0.25) is 0 Å². The Balaban J connectivity index is 1.71. The molecule has 0 nitrogen and oxygen atoms in total. The third-order valence-corrected chi connectivity index (χ3v) is 13.3. The molecule has 164 valence electrons. The van der Waals surface area contributed by atoms with E-state index in [-0.39, 0.29) is 0 Å². The van der Waals surface area contributed by atoms with Crippen LogP contribution in [-0.2, 0) is 0 Å². The van der Waals surface area contributed by atoms with Crippen LogP contribution in [-0.4, -0.2) is 8.07 Å². The maximum atomic E-state index is 2.51. The van der Waals surface area contributed by atoms with Crippen molar-refractivity contribution in [3.63, 3.8) is 0 Å². The second-order valence-electron chi connectivity index (χ2n) is 10.2. The first-order valence-electron chi connectivity index (χ1n) is 12.5. The molecule has 1 heteroatoms. The van der Waals surface area contributed by atoms with Crippen molar-refractivity contribution in [3.8, 4) is 22.3 Å². The van der Waals surface area contributed by atoms with Crippen LogP contribution in [0.1, 0.15) is 11.1 Å². The monoisotopic (exact) mass is 460 g/mol. The minimum atomic E-state index is -2.49. The summed E-state index contributed by atoms with van der Waals surface area (Å²) in [6, 6.07) is 41.8. The van der Waals surface area contributed by atoms with E-state index in [4.69, 9.17) is 0 Å². The molecule has 2 aliphatic rings. The quantitative estimate of drug-likeness (QED) is 0.194. The zero-order chi connectivity index (χ0) is 23.3. The van der Waals surface area contributed by atoms with Crippen molar-refractivity contribution in [2.24, 2.45) is 0 Å². The van der Waals surface area contributed by atoms with Crippen molar-refractivity contribution in [1.82, 2.24) is 0 Å². The van der Waals surface area contributed by atoms with Gasteiger partial charge in [-0.05, 0) is 78.4 Å². The third-order valence-electron chi connectivity index (χ3n) is 8.36. The van der Waals surface area contributed by atoms with Crippen molar-refractivity contribution in [1.29, 1.82) is 0 Å². The predicted octanol–water partition coefficient (Wildman–Crippen LogP) is 5.95. The van der Waals surface area contributed by atoms with Gasteiger partial charge in [0, 0.05) is 0 Å². The van der Waals surface area contributed by atoms with E-state index < -0.39 is 8.07 Å². The summed E-state index contributed by atoms with van der Waals surface area (Å²) >= 11 is 0. The Hall–Kier alpha value is -3.94. The van der Waals surface area contributed by atoms with Crippen LogP contribution in [0.3, 0.4) is 0 Å². The van der Waals surface area contributed by atoms with Gasteiger partial charge in [0.25, 0.3) is 0 Å². The van der Waals surface area contributed by atoms with E-state index in [1.165, 1.54) is 54.9 Å². The van der Waals surface area contributed by atoms with Crippen LogP contribution in [0.15, 0.2) is 109 Å². The van der Waals surface area contributed by atoms with Gasteiger partial charge in [-0.2, -0.15) is 0 Å². The molecule has 0 bridgehead atoms. The number of aryl methyl sites for hydroxylation is 2. The Morgan fingerprint density at radius 3 is 1.86 bits per heavy atom. The van der Waals surface area contributed by atoms with Gasteiger partial charge < -0.3 is 0 Å². The molecular formula is C34H24Si. The van der Waals surface area contributed by atoms with Crippen molar-refractivity contribution >= 4 is 50.4 Å². The van der Waals surface area contributed by atoms with Gasteiger partial charge in [0.2, 0.25) is 0 Å². The highest BCUT2D eigenvalue weighted by Gasteiger charge is 2.55. The molecule has 2 aliphatic heterocycles. The van der Waals surface area contributed by atoms with Crippen molar-refractivity contribution in [2.45, 2.75) is 13.8 Å². The fourth-order valence-corrected chi connectivity index (χ4v) is 13.0. The van der Waals surface area contributed by atoms with Crippen LogP contribution in [0.25, 0.3) is 43.8 Å². The highest BCUT2D eigenvalue weighted by atomic mass is 28.3. The maximum absolute atomic E-state index is 2.51. The largest absolute Gasteiger partial charge is 0.182 e. The molecule has 0 fully saturated rings. The second-order valence-corrected chi connectivity index (χ2v) is 13.9. The molecule has 0 radical (unpaired) electrons. The molecule has 1 spiro atoms. The molecular weight excluding hydrogens is 436 g/mol. The predicted molar refractivity (Wildman–Crippen MR) is 153 cm³/mol. The summed E-state index contributed by atoms with van der Waals surface area (Å²) in [4.78, 5) is 0. The lowest BCUT2D eigenvalue weighted by atomic mass is 9.93. The molecule has 2 heterocycles. The lowest BCUT2D eigenvalue weighted by Crippen LogP contribution is -2.71. The normalized spacial score (nSPS) is 17.0. The number of hydrogen-bond acceptors (Lipinski definition) is 0. The first kappa shape index (κ1) is 19.4. The number of fused-ring (bicyclic) bond motifs is 15. The minimum Gasteiger partial charge on any atom is -0.0623 e. The van der Waals surface area contributed by atoms with Gasteiger partial charge >= 0.3 is 0 Å². The number of rotatable bonds is 0. The van der Waals surface area contributed by atoms with Gasteiger partial charge in [0.15, 0.2) is 8.07 Å². The van der Waals surface area contributed by atoms with E-state index in [2.05, 4.69) is 123 Å². The van der Waals surface area contributed by atoms with E-state index in [1.807, 2.05) is 0 Å². The average Bonchev–Trinajstić information content (AvgIpc) is 3.35. The van der Waals surface area contributed by atoms with E-state index in [0.717, 1.165) is 0 Å². The van der Waals surface area contributed by atoms with Crippen LogP contribution < -0.4 is 20.7 Å². The molecule has 0 aliphatic carbocycles. The number of hydrogen-bond donors (Lipinski definition) is 0. The minimum absolute atomic E-state index is 1.33. The number of benzene rings is 6.